The summed E-state index contributed by atoms with van der Waals surface area (Å²) in [7, 11) is 0. The van der Waals surface area contributed by atoms with E-state index in [4.69, 9.17) is 5.73 Å². The molecule has 0 aliphatic carbocycles. The predicted octanol–water partition coefficient (Wildman–Crippen LogP) is 3.75. The average Bonchev–Trinajstić information content (AvgIpc) is 2.35. The lowest BCUT2D eigenvalue weighted by molar-refractivity contribution is 0.883. The summed E-state index contributed by atoms with van der Waals surface area (Å²) in [6, 6.07) is 16.6. The van der Waals surface area contributed by atoms with E-state index in [1.165, 1.54) is 11.1 Å². The third-order valence-electron chi connectivity index (χ3n) is 2.97. The van der Waals surface area contributed by atoms with Crippen LogP contribution in [-0.2, 0) is 0 Å². The third kappa shape index (κ3) is 2.59. The van der Waals surface area contributed by atoms with Crippen LogP contribution in [-0.4, -0.2) is 0 Å². The van der Waals surface area contributed by atoms with Gasteiger partial charge in [0.25, 0.3) is 0 Å². The van der Waals surface area contributed by atoms with Gasteiger partial charge in [-0.25, -0.2) is 0 Å². The van der Waals surface area contributed by atoms with E-state index in [0.29, 0.717) is 0 Å². The van der Waals surface area contributed by atoms with Crippen molar-refractivity contribution >= 4 is 11.4 Å². The maximum absolute atomic E-state index is 5.99. The molecule has 3 N–H and O–H groups in total. The van der Waals surface area contributed by atoms with Crippen molar-refractivity contribution in [3.63, 3.8) is 0 Å². The average molecular weight is 226 g/mol. The molecule has 0 saturated carbocycles. The standard InChI is InChI=1S/C15H18N2/c1-11-7-6-10-14(16)15(11)17-12(2)13-8-4-3-5-9-13/h3-10,12,17H,16H2,1-2H3. The Morgan fingerprint density at radius 1 is 1.00 bits per heavy atom. The van der Waals surface area contributed by atoms with E-state index in [1.807, 2.05) is 18.2 Å². The van der Waals surface area contributed by atoms with Gasteiger partial charge in [0.1, 0.15) is 0 Å². The lowest BCUT2D eigenvalue weighted by Gasteiger charge is -2.19. The summed E-state index contributed by atoms with van der Waals surface area (Å²) in [5.41, 5.74) is 10.2. The molecule has 0 fully saturated rings. The second kappa shape index (κ2) is 4.91. The summed E-state index contributed by atoms with van der Waals surface area (Å²) in [6.07, 6.45) is 0. The molecule has 1 unspecified atom stereocenters. The Morgan fingerprint density at radius 2 is 1.71 bits per heavy atom. The summed E-state index contributed by atoms with van der Waals surface area (Å²) < 4.78 is 0. The van der Waals surface area contributed by atoms with Crippen LogP contribution in [0.15, 0.2) is 48.5 Å². The number of aryl methyl sites for hydroxylation is 1. The highest BCUT2D eigenvalue weighted by atomic mass is 14.9. The molecule has 0 radical (unpaired) electrons. The van der Waals surface area contributed by atoms with Crippen LogP contribution in [0.4, 0.5) is 11.4 Å². The zero-order chi connectivity index (χ0) is 12.3. The van der Waals surface area contributed by atoms with E-state index < -0.39 is 0 Å². The van der Waals surface area contributed by atoms with Gasteiger partial charge < -0.3 is 11.1 Å². The first-order chi connectivity index (χ1) is 8.18. The monoisotopic (exact) mass is 226 g/mol. The van der Waals surface area contributed by atoms with Gasteiger partial charge in [0.05, 0.1) is 11.4 Å². The molecular weight excluding hydrogens is 208 g/mol. The molecule has 2 heteroatoms. The number of hydrogen-bond acceptors (Lipinski definition) is 2. The first-order valence-electron chi connectivity index (χ1n) is 5.85. The highest BCUT2D eigenvalue weighted by molar-refractivity contribution is 5.70. The fourth-order valence-corrected chi connectivity index (χ4v) is 1.93. The zero-order valence-electron chi connectivity index (χ0n) is 10.3. The molecule has 0 heterocycles. The van der Waals surface area contributed by atoms with Gasteiger partial charge in [-0.3, -0.25) is 0 Å². The second-order valence-electron chi connectivity index (χ2n) is 4.32. The van der Waals surface area contributed by atoms with E-state index in [1.54, 1.807) is 0 Å². The molecule has 0 aliphatic heterocycles. The van der Waals surface area contributed by atoms with E-state index in [0.717, 1.165) is 11.4 Å². The maximum atomic E-state index is 5.99. The van der Waals surface area contributed by atoms with Crippen LogP contribution in [0.1, 0.15) is 24.1 Å². The molecule has 2 aromatic rings. The number of hydrogen-bond donors (Lipinski definition) is 2. The molecule has 17 heavy (non-hydrogen) atoms. The smallest absolute Gasteiger partial charge is 0.0608 e. The van der Waals surface area contributed by atoms with Crippen molar-refractivity contribution in [2.75, 3.05) is 11.1 Å². The number of nitrogens with two attached hydrogens (primary N) is 1. The number of nitrogen functional groups attached to an aromatic ring is 1. The molecule has 2 nitrogen and oxygen atoms in total. The lowest BCUT2D eigenvalue weighted by atomic mass is 10.1. The van der Waals surface area contributed by atoms with Crippen molar-refractivity contribution in [2.45, 2.75) is 19.9 Å². The van der Waals surface area contributed by atoms with Gasteiger partial charge in [-0.05, 0) is 31.0 Å². The Morgan fingerprint density at radius 3 is 2.35 bits per heavy atom. The Labute approximate surface area is 102 Å². The number of para-hydroxylation sites is 1. The van der Waals surface area contributed by atoms with E-state index in [-0.39, 0.29) is 6.04 Å². The molecule has 0 aromatic heterocycles. The number of rotatable bonds is 3. The van der Waals surface area contributed by atoms with Gasteiger partial charge in [-0.1, -0.05) is 42.5 Å². The predicted molar refractivity (Wildman–Crippen MR) is 74.1 cm³/mol. The first-order valence-corrected chi connectivity index (χ1v) is 5.85. The molecule has 88 valence electrons. The normalized spacial score (nSPS) is 12.1. The Hall–Kier alpha value is -1.96. The van der Waals surface area contributed by atoms with Crippen molar-refractivity contribution in [3.8, 4) is 0 Å². The van der Waals surface area contributed by atoms with Crippen molar-refractivity contribution in [1.82, 2.24) is 0 Å². The molecule has 0 saturated heterocycles. The highest BCUT2D eigenvalue weighted by Gasteiger charge is 2.08. The van der Waals surface area contributed by atoms with Crippen LogP contribution >= 0.6 is 0 Å². The van der Waals surface area contributed by atoms with Crippen molar-refractivity contribution in [2.24, 2.45) is 0 Å². The third-order valence-corrected chi connectivity index (χ3v) is 2.97. The van der Waals surface area contributed by atoms with Gasteiger partial charge in [-0.15, -0.1) is 0 Å². The largest absolute Gasteiger partial charge is 0.397 e. The van der Waals surface area contributed by atoms with Crippen LogP contribution < -0.4 is 11.1 Å². The molecular formula is C15H18N2. The summed E-state index contributed by atoms with van der Waals surface area (Å²) in [5, 5.41) is 3.47. The van der Waals surface area contributed by atoms with E-state index in [2.05, 4.69) is 49.5 Å². The van der Waals surface area contributed by atoms with Crippen molar-refractivity contribution in [3.05, 3.63) is 59.7 Å². The van der Waals surface area contributed by atoms with Gasteiger partial charge in [0, 0.05) is 6.04 Å². The molecule has 0 aliphatic rings. The van der Waals surface area contributed by atoms with Gasteiger partial charge in [0.2, 0.25) is 0 Å². The van der Waals surface area contributed by atoms with Crippen molar-refractivity contribution in [1.29, 1.82) is 0 Å². The Balaban J connectivity index is 2.22. The summed E-state index contributed by atoms with van der Waals surface area (Å²) in [6.45, 7) is 4.21. The van der Waals surface area contributed by atoms with Crippen LogP contribution in [0.2, 0.25) is 0 Å². The first kappa shape index (κ1) is 11.5. The second-order valence-corrected chi connectivity index (χ2v) is 4.32. The molecule has 1 atom stereocenters. The fraction of sp³-hybridized carbons (Fsp3) is 0.200. The number of nitrogens with one attached hydrogen (secondary N) is 1. The minimum Gasteiger partial charge on any atom is -0.397 e. The van der Waals surface area contributed by atoms with Crippen LogP contribution in [0, 0.1) is 6.92 Å². The van der Waals surface area contributed by atoms with Gasteiger partial charge in [-0.2, -0.15) is 0 Å². The summed E-state index contributed by atoms with van der Waals surface area (Å²) >= 11 is 0. The van der Waals surface area contributed by atoms with E-state index >= 15 is 0 Å². The highest BCUT2D eigenvalue weighted by Crippen LogP contribution is 2.27. The topological polar surface area (TPSA) is 38.0 Å². The molecule has 0 bridgehead atoms. The minimum atomic E-state index is 0.250. The Bertz CT molecular complexity index is 471. The van der Waals surface area contributed by atoms with Crippen LogP contribution in [0.3, 0.4) is 0 Å². The van der Waals surface area contributed by atoms with Gasteiger partial charge >= 0.3 is 0 Å². The zero-order valence-corrected chi connectivity index (χ0v) is 10.3. The maximum Gasteiger partial charge on any atom is 0.0608 e. The van der Waals surface area contributed by atoms with Crippen LogP contribution in [0.5, 0.6) is 0 Å². The van der Waals surface area contributed by atoms with Gasteiger partial charge in [0.15, 0.2) is 0 Å². The fourth-order valence-electron chi connectivity index (χ4n) is 1.93. The minimum absolute atomic E-state index is 0.250. The molecule has 0 spiro atoms. The lowest BCUT2D eigenvalue weighted by Crippen LogP contribution is -2.09. The summed E-state index contributed by atoms with van der Waals surface area (Å²) in [4.78, 5) is 0. The quantitative estimate of drug-likeness (QED) is 0.782. The SMILES string of the molecule is Cc1cccc(N)c1NC(C)c1ccccc1. The van der Waals surface area contributed by atoms with E-state index in [9.17, 15) is 0 Å². The molecule has 2 aromatic carbocycles. The van der Waals surface area contributed by atoms with Crippen molar-refractivity contribution < 1.29 is 0 Å². The summed E-state index contributed by atoms with van der Waals surface area (Å²) in [5.74, 6) is 0. The number of benzene rings is 2. The molecule has 2 rings (SSSR count). The molecule has 0 amide bonds. The van der Waals surface area contributed by atoms with Crippen LogP contribution in [0.25, 0.3) is 0 Å². The Kier molecular flexibility index (Phi) is 3.33. The number of anilines is 2.